The molecule has 0 aliphatic carbocycles. The first-order valence-corrected chi connectivity index (χ1v) is 6.02. The van der Waals surface area contributed by atoms with E-state index in [1.165, 1.54) is 12.1 Å². The fourth-order valence-electron chi connectivity index (χ4n) is 1.80. The normalized spacial score (nSPS) is 15.4. The maximum absolute atomic E-state index is 12.5. The number of alkyl halides is 3. The van der Waals surface area contributed by atoms with Crippen LogP contribution in [0.4, 0.5) is 13.2 Å². The van der Waals surface area contributed by atoms with E-state index in [2.05, 4.69) is 0 Å². The maximum Gasteiger partial charge on any atom is 0.416 e. The van der Waals surface area contributed by atoms with Crippen LogP contribution in [0.3, 0.4) is 0 Å². The number of likely N-dealkylation sites (N-methyl/N-ethyl adjacent to an activating group) is 1. The van der Waals surface area contributed by atoms with Gasteiger partial charge in [0, 0.05) is 5.56 Å². The second kappa shape index (κ2) is 5.33. The van der Waals surface area contributed by atoms with Gasteiger partial charge in [0.25, 0.3) is 0 Å². The van der Waals surface area contributed by atoms with Crippen LogP contribution in [0.15, 0.2) is 24.3 Å². The van der Waals surface area contributed by atoms with Crippen molar-refractivity contribution in [1.82, 2.24) is 4.90 Å². The zero-order chi connectivity index (χ0) is 14.8. The summed E-state index contributed by atoms with van der Waals surface area (Å²) in [5.41, 5.74) is -1.15. The van der Waals surface area contributed by atoms with Gasteiger partial charge in [-0.1, -0.05) is 19.1 Å². The SMILES string of the molecule is CCC(C)(C(=O)c1ccc(C(F)(F)F)cc1)N(C)C. The average Bonchev–Trinajstić information content (AvgIpc) is 2.35. The van der Waals surface area contributed by atoms with Gasteiger partial charge in [-0.3, -0.25) is 9.69 Å². The summed E-state index contributed by atoms with van der Waals surface area (Å²) in [5.74, 6) is -0.172. The van der Waals surface area contributed by atoms with E-state index in [0.29, 0.717) is 12.0 Å². The Morgan fingerprint density at radius 3 is 1.95 bits per heavy atom. The molecular formula is C14H18F3NO. The molecule has 0 saturated heterocycles. The van der Waals surface area contributed by atoms with Gasteiger partial charge in [-0.05, 0) is 39.6 Å². The number of carbonyl (C=O) groups excluding carboxylic acids is 1. The molecule has 0 fully saturated rings. The number of nitrogens with zero attached hydrogens (tertiary/aromatic N) is 1. The summed E-state index contributed by atoms with van der Waals surface area (Å²) in [5, 5.41) is 0. The predicted octanol–water partition coefficient (Wildman–Crippen LogP) is 3.62. The third-order valence-corrected chi connectivity index (χ3v) is 3.64. The molecule has 0 saturated carbocycles. The van der Waals surface area contributed by atoms with Gasteiger partial charge in [0.05, 0.1) is 11.1 Å². The summed E-state index contributed by atoms with van der Waals surface area (Å²) < 4.78 is 37.4. The Kier molecular flexibility index (Phi) is 4.40. The van der Waals surface area contributed by atoms with Gasteiger partial charge in [0.2, 0.25) is 0 Å². The molecular weight excluding hydrogens is 255 g/mol. The van der Waals surface area contributed by atoms with Gasteiger partial charge >= 0.3 is 6.18 Å². The molecule has 19 heavy (non-hydrogen) atoms. The van der Waals surface area contributed by atoms with Crippen molar-refractivity contribution in [3.63, 3.8) is 0 Å². The molecule has 0 N–H and O–H groups in total. The van der Waals surface area contributed by atoms with Crippen molar-refractivity contribution in [1.29, 1.82) is 0 Å². The molecule has 0 heterocycles. The zero-order valence-electron chi connectivity index (χ0n) is 11.5. The molecule has 1 unspecified atom stereocenters. The Labute approximate surface area is 111 Å². The van der Waals surface area contributed by atoms with Gasteiger partial charge in [-0.2, -0.15) is 13.2 Å². The summed E-state index contributed by atoms with van der Waals surface area (Å²) in [4.78, 5) is 14.2. The number of ketones is 1. The van der Waals surface area contributed by atoms with Crippen LogP contribution in [0.2, 0.25) is 0 Å². The van der Waals surface area contributed by atoms with Crippen LogP contribution in [0, 0.1) is 0 Å². The van der Waals surface area contributed by atoms with Crippen LogP contribution in [0.1, 0.15) is 36.2 Å². The van der Waals surface area contributed by atoms with E-state index in [1.54, 1.807) is 25.9 Å². The number of carbonyl (C=O) groups is 1. The molecule has 1 rings (SSSR count). The van der Waals surface area contributed by atoms with Crippen LogP contribution in [0.5, 0.6) is 0 Å². The topological polar surface area (TPSA) is 20.3 Å². The summed E-state index contributed by atoms with van der Waals surface area (Å²) in [7, 11) is 3.57. The quantitative estimate of drug-likeness (QED) is 0.781. The molecule has 1 aromatic rings. The van der Waals surface area contributed by atoms with E-state index in [1.807, 2.05) is 6.92 Å². The van der Waals surface area contributed by atoms with Crippen molar-refractivity contribution in [2.75, 3.05) is 14.1 Å². The molecule has 0 amide bonds. The van der Waals surface area contributed by atoms with Crippen molar-refractivity contribution >= 4 is 5.78 Å². The minimum absolute atomic E-state index is 0.172. The third kappa shape index (κ3) is 3.15. The first-order valence-electron chi connectivity index (χ1n) is 6.02. The Bertz CT molecular complexity index is 451. The standard InChI is InChI=1S/C14H18F3NO/c1-5-13(2,18(3)4)12(19)10-6-8-11(9-7-10)14(15,16)17/h6-9H,5H2,1-4H3. The minimum atomic E-state index is -4.38. The zero-order valence-corrected chi connectivity index (χ0v) is 11.5. The molecule has 0 aromatic heterocycles. The van der Waals surface area contributed by atoms with Crippen molar-refractivity contribution in [2.45, 2.75) is 32.0 Å². The first kappa shape index (κ1) is 15.7. The second-order valence-electron chi connectivity index (χ2n) is 4.93. The summed E-state index contributed by atoms with van der Waals surface area (Å²) in [6.07, 6.45) is -3.79. The van der Waals surface area contributed by atoms with E-state index < -0.39 is 17.3 Å². The number of rotatable bonds is 4. The van der Waals surface area contributed by atoms with Crippen LogP contribution < -0.4 is 0 Å². The second-order valence-corrected chi connectivity index (χ2v) is 4.93. The largest absolute Gasteiger partial charge is 0.416 e. The molecule has 0 aliphatic rings. The summed E-state index contributed by atoms with van der Waals surface area (Å²) >= 11 is 0. The van der Waals surface area contributed by atoms with Gasteiger partial charge in [-0.15, -0.1) is 0 Å². The van der Waals surface area contributed by atoms with Crippen LogP contribution >= 0.6 is 0 Å². The smallest absolute Gasteiger partial charge is 0.297 e. The van der Waals surface area contributed by atoms with Crippen molar-refractivity contribution in [3.8, 4) is 0 Å². The lowest BCUT2D eigenvalue weighted by molar-refractivity contribution is -0.137. The highest BCUT2D eigenvalue weighted by atomic mass is 19.4. The average molecular weight is 273 g/mol. The monoisotopic (exact) mass is 273 g/mol. The van der Waals surface area contributed by atoms with Crippen molar-refractivity contribution in [2.24, 2.45) is 0 Å². The molecule has 2 nitrogen and oxygen atoms in total. The summed E-state index contributed by atoms with van der Waals surface area (Å²) in [6.45, 7) is 3.66. The van der Waals surface area contributed by atoms with Gasteiger partial charge in [0.1, 0.15) is 0 Å². The van der Waals surface area contributed by atoms with Gasteiger partial charge in [-0.25, -0.2) is 0 Å². The highest BCUT2D eigenvalue weighted by Gasteiger charge is 2.35. The highest BCUT2D eigenvalue weighted by Crippen LogP contribution is 2.30. The molecule has 0 bridgehead atoms. The number of benzene rings is 1. The van der Waals surface area contributed by atoms with Gasteiger partial charge in [0.15, 0.2) is 5.78 Å². The number of hydrogen-bond acceptors (Lipinski definition) is 2. The van der Waals surface area contributed by atoms with Gasteiger partial charge < -0.3 is 0 Å². The lowest BCUT2D eigenvalue weighted by atomic mass is 9.87. The lowest BCUT2D eigenvalue weighted by Gasteiger charge is -2.34. The van der Waals surface area contributed by atoms with Crippen molar-refractivity contribution < 1.29 is 18.0 Å². The van der Waals surface area contributed by atoms with E-state index in [-0.39, 0.29) is 5.78 Å². The lowest BCUT2D eigenvalue weighted by Crippen LogP contribution is -2.48. The number of halogens is 3. The molecule has 106 valence electrons. The van der Waals surface area contributed by atoms with Crippen LogP contribution in [-0.4, -0.2) is 30.3 Å². The molecule has 0 spiro atoms. The molecule has 5 heteroatoms. The van der Waals surface area contributed by atoms with Crippen LogP contribution in [0.25, 0.3) is 0 Å². The number of Topliss-reactive ketones (excluding diaryl/α,β-unsaturated/α-hetero) is 1. The molecule has 1 aromatic carbocycles. The fraction of sp³-hybridized carbons (Fsp3) is 0.500. The Morgan fingerprint density at radius 1 is 1.16 bits per heavy atom. The first-order chi connectivity index (χ1) is 8.63. The molecule has 0 radical (unpaired) electrons. The third-order valence-electron chi connectivity index (χ3n) is 3.64. The summed E-state index contributed by atoms with van der Waals surface area (Å²) in [6, 6.07) is 4.36. The Morgan fingerprint density at radius 2 is 1.63 bits per heavy atom. The molecule has 1 atom stereocenters. The predicted molar refractivity (Wildman–Crippen MR) is 68.2 cm³/mol. The highest BCUT2D eigenvalue weighted by molar-refractivity contribution is 6.02. The Balaban J connectivity index is 3.08. The maximum atomic E-state index is 12.5. The molecule has 0 aliphatic heterocycles. The van der Waals surface area contributed by atoms with Crippen LogP contribution in [-0.2, 0) is 6.18 Å². The van der Waals surface area contributed by atoms with E-state index >= 15 is 0 Å². The minimum Gasteiger partial charge on any atom is -0.297 e. The van der Waals surface area contributed by atoms with E-state index in [0.717, 1.165) is 12.1 Å². The van der Waals surface area contributed by atoms with E-state index in [4.69, 9.17) is 0 Å². The fourth-order valence-corrected chi connectivity index (χ4v) is 1.80. The van der Waals surface area contributed by atoms with Crippen molar-refractivity contribution in [3.05, 3.63) is 35.4 Å². The number of hydrogen-bond donors (Lipinski definition) is 0. The Hall–Kier alpha value is -1.36. The van der Waals surface area contributed by atoms with E-state index in [9.17, 15) is 18.0 Å².